The van der Waals surface area contributed by atoms with Gasteiger partial charge >= 0.3 is 0 Å². The largest absolute Gasteiger partial charge is 0.293 e. The highest BCUT2D eigenvalue weighted by molar-refractivity contribution is 9.10. The van der Waals surface area contributed by atoms with Crippen molar-refractivity contribution in [2.24, 2.45) is 0 Å². The molecule has 0 aliphatic rings. The summed E-state index contributed by atoms with van der Waals surface area (Å²) >= 11 is 4.18. The standard InChI is InChI=1S/C12H11BrN2O4S2/c1-7-5-10(11(15(16)17)6-8(7)2)14-21(18,19)12-9(13)3-4-20-12/h3-6,14H,1-2H3. The van der Waals surface area contributed by atoms with Crippen LogP contribution in [0.2, 0.25) is 0 Å². The molecule has 0 amide bonds. The molecule has 0 unspecified atom stereocenters. The molecule has 0 saturated heterocycles. The monoisotopic (exact) mass is 390 g/mol. The lowest BCUT2D eigenvalue weighted by molar-refractivity contribution is -0.383. The maximum Gasteiger partial charge on any atom is 0.293 e. The average molecular weight is 391 g/mol. The van der Waals surface area contributed by atoms with E-state index in [2.05, 4.69) is 20.7 Å². The van der Waals surface area contributed by atoms with Crippen LogP contribution in [0.4, 0.5) is 11.4 Å². The number of halogens is 1. The Hall–Kier alpha value is -1.45. The summed E-state index contributed by atoms with van der Waals surface area (Å²) in [5.41, 5.74) is 1.18. The third-order valence-corrected chi connectivity index (χ3v) is 6.92. The highest BCUT2D eigenvalue weighted by Gasteiger charge is 2.24. The summed E-state index contributed by atoms with van der Waals surface area (Å²) in [4.78, 5) is 10.5. The molecule has 0 spiro atoms. The van der Waals surface area contributed by atoms with Gasteiger partial charge in [0, 0.05) is 10.5 Å². The SMILES string of the molecule is Cc1cc(NS(=O)(=O)c2sccc2Br)c([N+](=O)[O-])cc1C. The van der Waals surface area contributed by atoms with E-state index in [0.29, 0.717) is 4.47 Å². The second-order valence-corrected chi connectivity index (χ2v) is 8.02. The van der Waals surface area contributed by atoms with Crippen molar-refractivity contribution in [3.8, 4) is 0 Å². The van der Waals surface area contributed by atoms with Crippen LogP contribution >= 0.6 is 27.3 Å². The quantitative estimate of drug-likeness (QED) is 0.634. The lowest BCUT2D eigenvalue weighted by Crippen LogP contribution is -2.13. The fourth-order valence-electron chi connectivity index (χ4n) is 1.70. The van der Waals surface area contributed by atoms with Gasteiger partial charge in [0.1, 0.15) is 5.69 Å². The number of nitrogens with one attached hydrogen (secondary N) is 1. The third-order valence-electron chi connectivity index (χ3n) is 2.88. The van der Waals surface area contributed by atoms with E-state index in [0.717, 1.165) is 22.5 Å². The predicted molar refractivity (Wildman–Crippen MR) is 85.4 cm³/mol. The first kappa shape index (κ1) is 15.9. The molecule has 0 bridgehead atoms. The Kier molecular flexibility index (Phi) is 4.35. The van der Waals surface area contributed by atoms with Crippen molar-refractivity contribution >= 4 is 48.7 Å². The minimum Gasteiger partial charge on any atom is -0.272 e. The normalized spacial score (nSPS) is 11.4. The molecule has 1 N–H and O–H groups in total. The van der Waals surface area contributed by atoms with Gasteiger partial charge in [-0.05, 0) is 58.4 Å². The number of rotatable bonds is 4. The third kappa shape index (κ3) is 3.25. The minimum absolute atomic E-state index is 0.0385. The number of anilines is 1. The fourth-order valence-corrected chi connectivity index (χ4v) is 5.10. The number of nitro benzene ring substituents is 1. The lowest BCUT2D eigenvalue weighted by atomic mass is 10.1. The van der Waals surface area contributed by atoms with E-state index in [9.17, 15) is 18.5 Å². The number of benzene rings is 1. The first-order chi connectivity index (χ1) is 9.72. The number of aryl methyl sites for hydroxylation is 2. The van der Waals surface area contributed by atoms with Crippen LogP contribution in [0.15, 0.2) is 32.3 Å². The van der Waals surface area contributed by atoms with Crippen molar-refractivity contribution in [1.82, 2.24) is 0 Å². The van der Waals surface area contributed by atoms with Gasteiger partial charge in [0.15, 0.2) is 4.21 Å². The number of hydrogen-bond donors (Lipinski definition) is 1. The molecule has 1 aromatic heterocycles. The molecule has 6 nitrogen and oxygen atoms in total. The molecule has 1 aromatic carbocycles. The zero-order valence-electron chi connectivity index (χ0n) is 11.1. The minimum atomic E-state index is -3.87. The van der Waals surface area contributed by atoms with Gasteiger partial charge in [-0.2, -0.15) is 0 Å². The van der Waals surface area contributed by atoms with Crippen LogP contribution in [-0.2, 0) is 10.0 Å². The summed E-state index contributed by atoms with van der Waals surface area (Å²) in [6.07, 6.45) is 0. The van der Waals surface area contributed by atoms with E-state index < -0.39 is 14.9 Å². The molecule has 0 fully saturated rings. The Morgan fingerprint density at radius 1 is 1.29 bits per heavy atom. The smallest absolute Gasteiger partial charge is 0.272 e. The molecule has 0 atom stereocenters. The Labute approximate surface area is 134 Å². The first-order valence-corrected chi connectivity index (χ1v) is 8.89. The van der Waals surface area contributed by atoms with Gasteiger partial charge in [0.25, 0.3) is 15.7 Å². The van der Waals surface area contributed by atoms with Crippen molar-refractivity contribution < 1.29 is 13.3 Å². The van der Waals surface area contributed by atoms with Gasteiger partial charge in [-0.25, -0.2) is 8.42 Å². The average Bonchev–Trinajstić information content (AvgIpc) is 2.80. The molecular formula is C12H11BrN2O4S2. The molecule has 21 heavy (non-hydrogen) atoms. The molecular weight excluding hydrogens is 380 g/mol. The Morgan fingerprint density at radius 2 is 1.90 bits per heavy atom. The number of nitro groups is 1. The van der Waals surface area contributed by atoms with Crippen LogP contribution in [0.5, 0.6) is 0 Å². The van der Waals surface area contributed by atoms with Crippen LogP contribution < -0.4 is 4.72 Å². The van der Waals surface area contributed by atoms with Crippen molar-refractivity contribution in [2.45, 2.75) is 18.1 Å². The van der Waals surface area contributed by atoms with Crippen molar-refractivity contribution in [2.75, 3.05) is 4.72 Å². The molecule has 0 aliphatic heterocycles. The summed E-state index contributed by atoms with van der Waals surface area (Å²) < 4.78 is 27.4. The second-order valence-electron chi connectivity index (χ2n) is 4.37. The number of thiophene rings is 1. The summed E-state index contributed by atoms with van der Waals surface area (Å²) in [6, 6.07) is 4.43. The predicted octanol–water partition coefficient (Wildman–Crippen LogP) is 3.84. The molecule has 1 heterocycles. The zero-order chi connectivity index (χ0) is 15.8. The van der Waals surface area contributed by atoms with E-state index in [1.807, 2.05) is 0 Å². The van der Waals surface area contributed by atoms with E-state index in [4.69, 9.17) is 0 Å². The van der Waals surface area contributed by atoms with Crippen molar-refractivity contribution in [3.05, 3.63) is 49.3 Å². The zero-order valence-corrected chi connectivity index (χ0v) is 14.3. The highest BCUT2D eigenvalue weighted by atomic mass is 79.9. The molecule has 2 rings (SSSR count). The lowest BCUT2D eigenvalue weighted by Gasteiger charge is -2.10. The van der Waals surface area contributed by atoms with E-state index in [1.165, 1.54) is 12.1 Å². The van der Waals surface area contributed by atoms with Gasteiger partial charge in [0.2, 0.25) is 0 Å². The van der Waals surface area contributed by atoms with E-state index >= 15 is 0 Å². The summed E-state index contributed by atoms with van der Waals surface area (Å²) in [5, 5.41) is 12.7. The molecule has 0 radical (unpaired) electrons. The molecule has 9 heteroatoms. The van der Waals surface area contributed by atoms with Gasteiger partial charge in [-0.15, -0.1) is 11.3 Å². The van der Waals surface area contributed by atoms with Crippen LogP contribution in [-0.4, -0.2) is 13.3 Å². The van der Waals surface area contributed by atoms with Crippen LogP contribution in [0.3, 0.4) is 0 Å². The van der Waals surface area contributed by atoms with Gasteiger partial charge in [-0.3, -0.25) is 14.8 Å². The Morgan fingerprint density at radius 3 is 2.43 bits per heavy atom. The van der Waals surface area contributed by atoms with Crippen LogP contribution in [0.25, 0.3) is 0 Å². The Balaban J connectivity index is 2.51. The highest BCUT2D eigenvalue weighted by Crippen LogP contribution is 2.33. The summed E-state index contributed by atoms with van der Waals surface area (Å²) in [6.45, 7) is 3.49. The van der Waals surface area contributed by atoms with Crippen molar-refractivity contribution in [3.63, 3.8) is 0 Å². The Bertz CT molecular complexity index is 815. The van der Waals surface area contributed by atoms with E-state index in [1.54, 1.807) is 25.3 Å². The van der Waals surface area contributed by atoms with Crippen molar-refractivity contribution in [1.29, 1.82) is 0 Å². The topological polar surface area (TPSA) is 89.3 Å². The fraction of sp³-hybridized carbons (Fsp3) is 0.167. The summed E-state index contributed by atoms with van der Waals surface area (Å²) in [5.74, 6) is 0. The van der Waals surface area contributed by atoms with Gasteiger partial charge in [-0.1, -0.05) is 0 Å². The van der Waals surface area contributed by atoms with Gasteiger partial charge < -0.3 is 0 Å². The molecule has 112 valence electrons. The number of nitrogens with zero attached hydrogens (tertiary/aromatic N) is 1. The van der Waals surface area contributed by atoms with Gasteiger partial charge in [0.05, 0.1) is 4.92 Å². The van der Waals surface area contributed by atoms with E-state index in [-0.39, 0.29) is 15.6 Å². The summed E-state index contributed by atoms with van der Waals surface area (Å²) in [7, 11) is -3.87. The molecule has 0 saturated carbocycles. The first-order valence-electron chi connectivity index (χ1n) is 5.74. The molecule has 2 aromatic rings. The maximum atomic E-state index is 12.3. The molecule has 0 aliphatic carbocycles. The van der Waals surface area contributed by atoms with Crippen LogP contribution in [0, 0.1) is 24.0 Å². The van der Waals surface area contributed by atoms with Crippen LogP contribution in [0.1, 0.15) is 11.1 Å². The second kappa shape index (κ2) is 5.74. The number of hydrogen-bond acceptors (Lipinski definition) is 5. The maximum absolute atomic E-state index is 12.3. The number of sulfonamides is 1.